The van der Waals surface area contributed by atoms with E-state index in [1.54, 1.807) is 24.5 Å². The van der Waals surface area contributed by atoms with Crippen molar-refractivity contribution >= 4 is 11.7 Å². The predicted octanol–water partition coefficient (Wildman–Crippen LogP) is 2.73. The second-order valence-electron chi connectivity index (χ2n) is 5.03. The molecule has 0 atom stereocenters. The van der Waals surface area contributed by atoms with Crippen molar-refractivity contribution in [2.75, 3.05) is 11.4 Å². The SMILES string of the molecule is O=C(O)c1ccc2c(c1)CCCN2Cc1ccncc1. The summed E-state index contributed by atoms with van der Waals surface area (Å²) in [7, 11) is 0. The van der Waals surface area contributed by atoms with Gasteiger partial charge in [-0.05, 0) is 54.3 Å². The van der Waals surface area contributed by atoms with Gasteiger partial charge < -0.3 is 10.0 Å². The van der Waals surface area contributed by atoms with Gasteiger partial charge in [0.2, 0.25) is 0 Å². The van der Waals surface area contributed by atoms with Gasteiger partial charge in [0.25, 0.3) is 0 Å². The van der Waals surface area contributed by atoms with Gasteiger partial charge in [-0.25, -0.2) is 4.79 Å². The van der Waals surface area contributed by atoms with Crippen molar-refractivity contribution in [3.05, 3.63) is 59.4 Å². The van der Waals surface area contributed by atoms with Crippen LogP contribution in [0.3, 0.4) is 0 Å². The molecule has 1 N–H and O–H groups in total. The average Bonchev–Trinajstić information content (AvgIpc) is 2.48. The normalized spacial score (nSPS) is 13.9. The predicted molar refractivity (Wildman–Crippen MR) is 77.0 cm³/mol. The monoisotopic (exact) mass is 268 g/mol. The molecule has 0 radical (unpaired) electrons. The van der Waals surface area contributed by atoms with Crippen LogP contribution in [0.25, 0.3) is 0 Å². The summed E-state index contributed by atoms with van der Waals surface area (Å²) < 4.78 is 0. The summed E-state index contributed by atoms with van der Waals surface area (Å²) >= 11 is 0. The van der Waals surface area contributed by atoms with Gasteiger partial charge in [-0.2, -0.15) is 0 Å². The van der Waals surface area contributed by atoms with E-state index in [0.717, 1.165) is 37.2 Å². The van der Waals surface area contributed by atoms with Gasteiger partial charge in [0.05, 0.1) is 5.56 Å². The van der Waals surface area contributed by atoms with Crippen molar-refractivity contribution in [1.29, 1.82) is 0 Å². The summed E-state index contributed by atoms with van der Waals surface area (Å²) in [4.78, 5) is 17.4. The Kier molecular flexibility index (Phi) is 3.37. The molecule has 3 rings (SSSR count). The number of hydrogen-bond donors (Lipinski definition) is 1. The zero-order valence-corrected chi connectivity index (χ0v) is 11.1. The van der Waals surface area contributed by atoms with E-state index in [0.29, 0.717) is 5.56 Å². The number of nitrogens with zero attached hydrogens (tertiary/aromatic N) is 2. The molecule has 2 heterocycles. The van der Waals surface area contributed by atoms with E-state index in [2.05, 4.69) is 9.88 Å². The number of rotatable bonds is 3. The fourth-order valence-electron chi connectivity index (χ4n) is 2.68. The lowest BCUT2D eigenvalue weighted by Gasteiger charge is -2.31. The van der Waals surface area contributed by atoms with E-state index in [-0.39, 0.29) is 0 Å². The average molecular weight is 268 g/mol. The Morgan fingerprint density at radius 1 is 1.25 bits per heavy atom. The molecule has 0 saturated heterocycles. The van der Waals surface area contributed by atoms with Gasteiger partial charge in [0.1, 0.15) is 0 Å². The van der Waals surface area contributed by atoms with Crippen molar-refractivity contribution in [3.63, 3.8) is 0 Å². The van der Waals surface area contributed by atoms with Gasteiger partial charge in [0, 0.05) is 31.2 Å². The van der Waals surface area contributed by atoms with Gasteiger partial charge in [-0.15, -0.1) is 0 Å². The van der Waals surface area contributed by atoms with Crippen LogP contribution in [0.4, 0.5) is 5.69 Å². The van der Waals surface area contributed by atoms with Crippen LogP contribution < -0.4 is 4.90 Å². The van der Waals surface area contributed by atoms with Crippen LogP contribution in [0.15, 0.2) is 42.7 Å². The van der Waals surface area contributed by atoms with E-state index in [4.69, 9.17) is 5.11 Å². The van der Waals surface area contributed by atoms with Crippen LogP contribution in [-0.4, -0.2) is 22.6 Å². The molecule has 0 aliphatic carbocycles. The van der Waals surface area contributed by atoms with Crippen LogP contribution in [0.5, 0.6) is 0 Å². The molecule has 20 heavy (non-hydrogen) atoms. The van der Waals surface area contributed by atoms with Crippen molar-refractivity contribution < 1.29 is 9.90 Å². The Balaban J connectivity index is 1.88. The standard InChI is InChI=1S/C16H16N2O2/c19-16(20)14-3-4-15-13(10-14)2-1-9-18(15)11-12-5-7-17-8-6-12/h3-8,10H,1-2,9,11H2,(H,19,20). The van der Waals surface area contributed by atoms with Gasteiger partial charge >= 0.3 is 5.97 Å². The molecule has 1 aromatic carbocycles. The Bertz CT molecular complexity index is 626. The molecule has 0 unspecified atom stereocenters. The van der Waals surface area contributed by atoms with Gasteiger partial charge in [-0.3, -0.25) is 4.98 Å². The van der Waals surface area contributed by atoms with Gasteiger partial charge in [-0.1, -0.05) is 0 Å². The summed E-state index contributed by atoms with van der Waals surface area (Å²) in [5, 5.41) is 9.07. The van der Waals surface area contributed by atoms with E-state index < -0.39 is 5.97 Å². The van der Waals surface area contributed by atoms with Gasteiger partial charge in [0.15, 0.2) is 0 Å². The molecule has 4 heteroatoms. The maximum atomic E-state index is 11.0. The minimum atomic E-state index is -0.862. The number of pyridine rings is 1. The minimum Gasteiger partial charge on any atom is -0.478 e. The van der Waals surface area contributed by atoms with Crippen molar-refractivity contribution in [1.82, 2.24) is 4.98 Å². The summed E-state index contributed by atoms with van der Waals surface area (Å²) in [5.41, 5.74) is 3.87. The molecular weight excluding hydrogens is 252 g/mol. The molecule has 1 aromatic heterocycles. The van der Waals surface area contributed by atoms with Crippen molar-refractivity contribution in [3.8, 4) is 0 Å². The highest BCUT2D eigenvalue weighted by Gasteiger charge is 2.18. The van der Waals surface area contributed by atoms with E-state index in [1.165, 1.54) is 5.56 Å². The third kappa shape index (κ3) is 2.50. The first-order valence-electron chi connectivity index (χ1n) is 6.74. The maximum Gasteiger partial charge on any atom is 0.335 e. The number of anilines is 1. The summed E-state index contributed by atoms with van der Waals surface area (Å²) in [5.74, 6) is -0.862. The first kappa shape index (κ1) is 12.7. The second kappa shape index (κ2) is 5.33. The zero-order valence-electron chi connectivity index (χ0n) is 11.1. The summed E-state index contributed by atoms with van der Waals surface area (Å²) in [6, 6.07) is 9.45. The molecule has 1 aliphatic rings. The third-order valence-corrected chi connectivity index (χ3v) is 3.66. The number of aryl methyl sites for hydroxylation is 1. The fourth-order valence-corrected chi connectivity index (χ4v) is 2.68. The largest absolute Gasteiger partial charge is 0.478 e. The smallest absolute Gasteiger partial charge is 0.335 e. The number of aromatic nitrogens is 1. The first-order chi connectivity index (χ1) is 9.74. The van der Waals surface area contributed by atoms with Crippen molar-refractivity contribution in [2.45, 2.75) is 19.4 Å². The number of carbonyl (C=O) groups is 1. The molecule has 0 amide bonds. The molecule has 0 fully saturated rings. The molecule has 102 valence electrons. The van der Waals surface area contributed by atoms with E-state index >= 15 is 0 Å². The highest BCUT2D eigenvalue weighted by Crippen LogP contribution is 2.29. The summed E-state index contributed by atoms with van der Waals surface area (Å²) in [6.45, 7) is 1.84. The lowest BCUT2D eigenvalue weighted by Crippen LogP contribution is -2.29. The molecule has 2 aromatic rings. The number of fused-ring (bicyclic) bond motifs is 1. The Hall–Kier alpha value is -2.36. The second-order valence-corrected chi connectivity index (χ2v) is 5.03. The first-order valence-corrected chi connectivity index (χ1v) is 6.74. The van der Waals surface area contributed by atoms with Crippen LogP contribution in [-0.2, 0) is 13.0 Å². The lowest BCUT2D eigenvalue weighted by molar-refractivity contribution is 0.0697. The van der Waals surface area contributed by atoms with E-state index in [1.807, 2.05) is 18.2 Å². The molecule has 0 bridgehead atoms. The van der Waals surface area contributed by atoms with Crippen LogP contribution in [0.2, 0.25) is 0 Å². The fraction of sp³-hybridized carbons (Fsp3) is 0.250. The highest BCUT2D eigenvalue weighted by molar-refractivity contribution is 5.88. The molecule has 0 saturated carbocycles. The highest BCUT2D eigenvalue weighted by atomic mass is 16.4. The Morgan fingerprint density at radius 3 is 2.80 bits per heavy atom. The molecule has 1 aliphatic heterocycles. The van der Waals surface area contributed by atoms with Crippen LogP contribution in [0, 0.1) is 0 Å². The quantitative estimate of drug-likeness (QED) is 0.930. The number of aromatic carboxylic acids is 1. The molecule has 0 spiro atoms. The minimum absolute atomic E-state index is 0.370. The number of carboxylic acid groups (broad SMARTS) is 1. The van der Waals surface area contributed by atoms with E-state index in [9.17, 15) is 4.79 Å². The van der Waals surface area contributed by atoms with Crippen LogP contribution in [0.1, 0.15) is 27.9 Å². The topological polar surface area (TPSA) is 53.4 Å². The maximum absolute atomic E-state index is 11.0. The number of carboxylic acids is 1. The Morgan fingerprint density at radius 2 is 2.05 bits per heavy atom. The van der Waals surface area contributed by atoms with Crippen LogP contribution >= 0.6 is 0 Å². The molecular formula is C16H16N2O2. The zero-order chi connectivity index (χ0) is 13.9. The Labute approximate surface area is 117 Å². The lowest BCUT2D eigenvalue weighted by atomic mass is 9.98. The number of hydrogen-bond acceptors (Lipinski definition) is 3. The number of benzene rings is 1. The summed E-state index contributed by atoms with van der Waals surface area (Å²) in [6.07, 6.45) is 5.60. The molecule has 4 nitrogen and oxygen atoms in total. The van der Waals surface area contributed by atoms with Crippen molar-refractivity contribution in [2.24, 2.45) is 0 Å². The third-order valence-electron chi connectivity index (χ3n) is 3.66.